The Kier molecular flexibility index (Phi) is 7.60. The molecule has 3 N–H and O–H groups in total. The van der Waals surface area contributed by atoms with Gasteiger partial charge in [0.2, 0.25) is 5.88 Å². The summed E-state index contributed by atoms with van der Waals surface area (Å²) in [6, 6.07) is 13.9. The summed E-state index contributed by atoms with van der Waals surface area (Å²) in [6.07, 6.45) is 3.35. The van der Waals surface area contributed by atoms with E-state index in [1.54, 1.807) is 23.1 Å². The molecule has 4 aromatic rings. The van der Waals surface area contributed by atoms with E-state index in [0.717, 1.165) is 16.3 Å². The van der Waals surface area contributed by atoms with Crippen molar-refractivity contribution in [3.63, 3.8) is 0 Å². The lowest BCUT2D eigenvalue weighted by molar-refractivity contribution is 0.0671. The third-order valence-corrected chi connectivity index (χ3v) is 5.10. The van der Waals surface area contributed by atoms with E-state index >= 15 is 0 Å². The average Bonchev–Trinajstić information content (AvgIpc) is 3.38. The molecule has 11 nitrogen and oxygen atoms in total. The summed E-state index contributed by atoms with van der Waals surface area (Å²) in [6.45, 7) is 0.906. The molecule has 1 amide bonds. The maximum absolute atomic E-state index is 13.2. The Labute approximate surface area is 199 Å². The van der Waals surface area contributed by atoms with Crippen molar-refractivity contribution < 1.29 is 29.3 Å². The van der Waals surface area contributed by atoms with E-state index in [1.165, 1.54) is 12.1 Å². The molecule has 0 aliphatic carbocycles. The molecule has 0 unspecified atom stereocenters. The highest BCUT2D eigenvalue weighted by molar-refractivity contribution is 6.14. The van der Waals surface area contributed by atoms with E-state index in [1.807, 2.05) is 30.3 Å². The van der Waals surface area contributed by atoms with Crippen molar-refractivity contribution in [2.45, 2.75) is 6.54 Å². The lowest BCUT2D eigenvalue weighted by atomic mass is 9.99. The number of rotatable bonds is 11. The Balaban J connectivity index is 1.55. The van der Waals surface area contributed by atoms with Crippen molar-refractivity contribution in [3.8, 4) is 5.88 Å². The van der Waals surface area contributed by atoms with Gasteiger partial charge in [-0.1, -0.05) is 35.5 Å². The van der Waals surface area contributed by atoms with Crippen molar-refractivity contribution in [1.82, 2.24) is 20.0 Å². The number of benzene rings is 2. The minimum Gasteiger partial charge on any atom is -0.476 e. The minimum atomic E-state index is -1.31. The molecule has 0 saturated heterocycles. The number of aromatic nitrogens is 4. The summed E-state index contributed by atoms with van der Waals surface area (Å²) < 4.78 is 12.2. The number of aliphatic hydroxyl groups excluding tert-OH is 1. The fraction of sp³-hybridized carbons (Fsp3) is 0.208. The molecular weight excluding hydrogens is 454 g/mol. The second-order valence-electron chi connectivity index (χ2n) is 7.41. The zero-order chi connectivity index (χ0) is 24.6. The number of carboxylic acid groups (broad SMARTS) is 1. The average molecular weight is 477 g/mol. The number of anilines is 1. The van der Waals surface area contributed by atoms with Crippen LogP contribution >= 0.6 is 0 Å². The number of carbonyl (C=O) groups excluding carboxylic acids is 1. The molecule has 0 aliphatic rings. The van der Waals surface area contributed by atoms with Crippen molar-refractivity contribution in [3.05, 3.63) is 77.7 Å². The molecule has 0 radical (unpaired) electrons. The van der Waals surface area contributed by atoms with Crippen LogP contribution in [0.25, 0.3) is 10.8 Å². The number of aromatic carboxylic acids is 1. The maximum Gasteiger partial charge on any atom is 0.356 e. The normalized spacial score (nSPS) is 10.9. The molecule has 2 aromatic heterocycles. The van der Waals surface area contributed by atoms with E-state index < -0.39 is 11.9 Å². The van der Waals surface area contributed by atoms with Gasteiger partial charge in [-0.05, 0) is 28.5 Å². The quantitative estimate of drug-likeness (QED) is 0.276. The molecular formula is C24H23N5O6. The molecule has 2 heterocycles. The first-order valence-corrected chi connectivity index (χ1v) is 10.8. The first-order chi connectivity index (χ1) is 17.1. The third kappa shape index (κ3) is 5.78. The number of aliphatic hydroxyl groups is 1. The number of nitrogens with zero attached hydrogens (tertiary/aromatic N) is 4. The molecule has 180 valence electrons. The van der Waals surface area contributed by atoms with Crippen LogP contribution in [0, 0.1) is 0 Å². The minimum absolute atomic E-state index is 0.0437. The third-order valence-electron chi connectivity index (χ3n) is 5.10. The lowest BCUT2D eigenvalue weighted by Gasteiger charge is -2.13. The molecule has 0 bridgehead atoms. The van der Waals surface area contributed by atoms with Gasteiger partial charge in [0.15, 0.2) is 5.69 Å². The number of hydrogen-bond acceptors (Lipinski definition) is 8. The van der Waals surface area contributed by atoms with Crippen molar-refractivity contribution in [2.24, 2.45) is 0 Å². The molecule has 0 saturated carbocycles. The second-order valence-corrected chi connectivity index (χ2v) is 7.41. The van der Waals surface area contributed by atoms with Gasteiger partial charge in [-0.15, -0.1) is 5.10 Å². The maximum atomic E-state index is 13.2. The fourth-order valence-electron chi connectivity index (χ4n) is 3.54. The Morgan fingerprint density at radius 1 is 1.00 bits per heavy atom. The second kappa shape index (κ2) is 11.2. The van der Waals surface area contributed by atoms with Crippen molar-refractivity contribution in [1.29, 1.82) is 0 Å². The SMILES string of the molecule is O=C(O)c1nc(OCCOCCO)ccc1NC(=O)c1ccc(Cn2ccnn2)c2ccccc12. The van der Waals surface area contributed by atoms with Gasteiger partial charge in [0, 0.05) is 17.8 Å². The van der Waals surface area contributed by atoms with Gasteiger partial charge in [-0.3, -0.25) is 4.79 Å². The first kappa shape index (κ1) is 23.8. The van der Waals surface area contributed by atoms with Crippen LogP contribution in [0.2, 0.25) is 0 Å². The summed E-state index contributed by atoms with van der Waals surface area (Å²) in [5.41, 5.74) is 1.04. The summed E-state index contributed by atoms with van der Waals surface area (Å²) in [4.78, 5) is 28.9. The van der Waals surface area contributed by atoms with E-state index in [-0.39, 0.29) is 43.7 Å². The highest BCUT2D eigenvalue weighted by Crippen LogP contribution is 2.26. The Bertz CT molecular complexity index is 1330. The summed E-state index contributed by atoms with van der Waals surface area (Å²) in [5.74, 6) is -1.70. The van der Waals surface area contributed by atoms with Gasteiger partial charge in [-0.25, -0.2) is 14.5 Å². The Hall–Kier alpha value is -4.35. The smallest absolute Gasteiger partial charge is 0.356 e. The van der Waals surface area contributed by atoms with Crippen LogP contribution in [0.1, 0.15) is 26.4 Å². The van der Waals surface area contributed by atoms with E-state index in [0.29, 0.717) is 12.1 Å². The van der Waals surface area contributed by atoms with Crippen molar-refractivity contribution >= 4 is 28.3 Å². The fourth-order valence-corrected chi connectivity index (χ4v) is 3.54. The van der Waals surface area contributed by atoms with Crippen LogP contribution in [0.3, 0.4) is 0 Å². The monoisotopic (exact) mass is 477 g/mol. The Morgan fingerprint density at radius 2 is 1.83 bits per heavy atom. The molecule has 0 fully saturated rings. The highest BCUT2D eigenvalue weighted by Gasteiger charge is 2.19. The highest BCUT2D eigenvalue weighted by atomic mass is 16.5. The van der Waals surface area contributed by atoms with Gasteiger partial charge in [-0.2, -0.15) is 0 Å². The summed E-state index contributed by atoms with van der Waals surface area (Å²) in [5, 5.41) is 30.4. The molecule has 0 spiro atoms. The molecule has 2 aromatic carbocycles. The summed E-state index contributed by atoms with van der Waals surface area (Å²) in [7, 11) is 0. The van der Waals surface area contributed by atoms with E-state index in [9.17, 15) is 14.7 Å². The van der Waals surface area contributed by atoms with Crippen LogP contribution in [-0.2, 0) is 11.3 Å². The molecule has 11 heteroatoms. The van der Waals surface area contributed by atoms with Gasteiger partial charge in [0.1, 0.15) is 6.61 Å². The van der Waals surface area contributed by atoms with Crippen LogP contribution in [0.5, 0.6) is 5.88 Å². The Morgan fingerprint density at radius 3 is 2.57 bits per heavy atom. The van der Waals surface area contributed by atoms with Crippen LogP contribution in [0.15, 0.2) is 60.9 Å². The largest absolute Gasteiger partial charge is 0.476 e. The lowest BCUT2D eigenvalue weighted by Crippen LogP contribution is -2.17. The molecule has 35 heavy (non-hydrogen) atoms. The zero-order valence-corrected chi connectivity index (χ0v) is 18.6. The number of carbonyl (C=O) groups is 2. The van der Waals surface area contributed by atoms with E-state index in [2.05, 4.69) is 20.6 Å². The first-order valence-electron chi connectivity index (χ1n) is 10.8. The van der Waals surface area contributed by atoms with Crippen molar-refractivity contribution in [2.75, 3.05) is 31.7 Å². The van der Waals surface area contributed by atoms with Gasteiger partial charge < -0.3 is 25.0 Å². The standard InChI is InChI=1S/C24H23N5O6/c30-11-12-34-13-14-35-21-8-7-20(22(27-21)24(32)33)26-23(31)19-6-5-16(15-29-10-9-25-28-29)17-3-1-2-4-18(17)19/h1-10,30H,11-15H2,(H,26,31)(H,32,33). The van der Waals surface area contributed by atoms with Crippen LogP contribution < -0.4 is 10.1 Å². The molecule has 4 rings (SSSR count). The topological polar surface area (TPSA) is 149 Å². The number of carboxylic acids is 1. The number of hydrogen-bond donors (Lipinski definition) is 3. The van der Waals surface area contributed by atoms with Gasteiger partial charge in [0.05, 0.1) is 38.2 Å². The predicted octanol–water partition coefficient (Wildman–Crippen LogP) is 2.21. The van der Waals surface area contributed by atoms with Gasteiger partial charge in [0.25, 0.3) is 5.91 Å². The molecule has 0 aliphatic heterocycles. The zero-order valence-electron chi connectivity index (χ0n) is 18.6. The summed E-state index contributed by atoms with van der Waals surface area (Å²) >= 11 is 0. The number of amides is 1. The number of ether oxygens (including phenoxy) is 2. The van der Waals surface area contributed by atoms with Gasteiger partial charge >= 0.3 is 5.97 Å². The number of pyridine rings is 1. The predicted molar refractivity (Wildman–Crippen MR) is 126 cm³/mol. The van der Waals surface area contributed by atoms with Crippen LogP contribution in [0.4, 0.5) is 5.69 Å². The number of nitrogens with one attached hydrogen (secondary N) is 1. The number of fused-ring (bicyclic) bond motifs is 1. The van der Waals surface area contributed by atoms with Crippen LogP contribution in [-0.4, -0.2) is 68.5 Å². The molecule has 0 atom stereocenters. The van der Waals surface area contributed by atoms with E-state index in [4.69, 9.17) is 14.6 Å².